The molecule has 2 amide bonds. The zero-order valence-electron chi connectivity index (χ0n) is 11.8. The largest absolute Gasteiger partial charge is 0.477 e. The number of aromatic amines is 1. The highest BCUT2D eigenvalue weighted by atomic mass is 16.4. The Bertz CT molecular complexity index is 583. The first kappa shape index (κ1) is 13.9. The Hall–Kier alpha value is -2.02. The minimum absolute atomic E-state index is 0.0136. The lowest BCUT2D eigenvalue weighted by molar-refractivity contribution is 0.0692. The number of carbonyl (C=O) groups excluding carboxylic acids is 1. The molecule has 1 saturated carbocycles. The molecule has 1 aliphatic carbocycles. The number of anilines is 1. The minimum atomic E-state index is -1.10. The van der Waals surface area contributed by atoms with Crippen LogP contribution in [-0.4, -0.2) is 51.3 Å². The van der Waals surface area contributed by atoms with Gasteiger partial charge in [0, 0.05) is 24.7 Å². The van der Waals surface area contributed by atoms with E-state index in [2.05, 4.69) is 10.3 Å². The van der Waals surface area contributed by atoms with E-state index in [4.69, 9.17) is 5.11 Å². The van der Waals surface area contributed by atoms with Gasteiger partial charge in [0.15, 0.2) is 0 Å². The van der Waals surface area contributed by atoms with Crippen LogP contribution >= 0.6 is 0 Å². The second-order valence-corrected chi connectivity index (χ2v) is 5.95. The van der Waals surface area contributed by atoms with Crippen molar-refractivity contribution in [2.24, 2.45) is 11.8 Å². The fourth-order valence-electron chi connectivity index (χ4n) is 3.45. The van der Waals surface area contributed by atoms with E-state index in [-0.39, 0.29) is 29.4 Å². The number of aromatic carboxylic acids is 1. The van der Waals surface area contributed by atoms with Gasteiger partial charge < -0.3 is 25.4 Å². The number of aliphatic hydroxyl groups excluding tert-OH is 1. The van der Waals surface area contributed by atoms with E-state index in [1.165, 1.54) is 0 Å². The van der Waals surface area contributed by atoms with Gasteiger partial charge in [-0.25, -0.2) is 9.59 Å². The normalized spacial score (nSPS) is 27.7. The average Bonchev–Trinajstić information content (AvgIpc) is 3.06. The van der Waals surface area contributed by atoms with Crippen LogP contribution in [0.25, 0.3) is 0 Å². The summed E-state index contributed by atoms with van der Waals surface area (Å²) in [5, 5.41) is 21.6. The van der Waals surface area contributed by atoms with E-state index in [0.29, 0.717) is 24.7 Å². The SMILES string of the molecule is Cc1cc(NC(=O)N2CC3CCC(O)C3C2)c(C(=O)O)[nH]1. The molecule has 2 fully saturated rings. The van der Waals surface area contributed by atoms with E-state index >= 15 is 0 Å². The van der Waals surface area contributed by atoms with E-state index in [1.807, 2.05) is 0 Å². The van der Waals surface area contributed by atoms with Crippen LogP contribution in [0.1, 0.15) is 29.0 Å². The smallest absolute Gasteiger partial charge is 0.354 e. The summed E-state index contributed by atoms with van der Waals surface area (Å²) in [5.74, 6) is -0.590. The van der Waals surface area contributed by atoms with Gasteiger partial charge in [-0.3, -0.25) is 0 Å². The van der Waals surface area contributed by atoms with E-state index in [0.717, 1.165) is 12.8 Å². The fraction of sp³-hybridized carbons (Fsp3) is 0.571. The van der Waals surface area contributed by atoms with Gasteiger partial charge in [-0.2, -0.15) is 0 Å². The highest BCUT2D eigenvalue weighted by Gasteiger charge is 2.43. The summed E-state index contributed by atoms with van der Waals surface area (Å²) < 4.78 is 0. The van der Waals surface area contributed by atoms with Crippen molar-refractivity contribution in [3.63, 3.8) is 0 Å². The highest BCUT2D eigenvalue weighted by molar-refractivity contribution is 5.99. The second kappa shape index (κ2) is 5.07. The van der Waals surface area contributed by atoms with Crippen molar-refractivity contribution in [2.75, 3.05) is 18.4 Å². The third-order valence-electron chi connectivity index (χ3n) is 4.51. The summed E-state index contributed by atoms with van der Waals surface area (Å²) in [5.41, 5.74) is 0.944. The van der Waals surface area contributed by atoms with Gasteiger partial charge in [-0.1, -0.05) is 0 Å². The second-order valence-electron chi connectivity index (χ2n) is 5.95. The van der Waals surface area contributed by atoms with Gasteiger partial charge in [-0.15, -0.1) is 0 Å². The third-order valence-corrected chi connectivity index (χ3v) is 4.51. The molecule has 21 heavy (non-hydrogen) atoms. The van der Waals surface area contributed by atoms with Gasteiger partial charge in [0.2, 0.25) is 0 Å². The van der Waals surface area contributed by atoms with Crippen molar-refractivity contribution in [1.82, 2.24) is 9.88 Å². The third kappa shape index (κ3) is 2.49. The molecule has 1 aromatic rings. The van der Waals surface area contributed by atoms with Gasteiger partial charge in [0.1, 0.15) is 5.69 Å². The molecule has 4 N–H and O–H groups in total. The summed E-state index contributed by atoms with van der Waals surface area (Å²) in [4.78, 5) is 27.7. The van der Waals surface area contributed by atoms with Crippen molar-refractivity contribution in [1.29, 1.82) is 0 Å². The zero-order valence-corrected chi connectivity index (χ0v) is 11.8. The van der Waals surface area contributed by atoms with E-state index in [1.54, 1.807) is 17.9 Å². The average molecular weight is 293 g/mol. The first-order chi connectivity index (χ1) is 9.95. The molecule has 7 nitrogen and oxygen atoms in total. The Morgan fingerprint density at radius 2 is 2.14 bits per heavy atom. The Morgan fingerprint density at radius 1 is 1.38 bits per heavy atom. The molecule has 1 aromatic heterocycles. The standard InChI is InChI=1S/C14H19N3O4/c1-7-4-10(12(15-7)13(19)20)16-14(21)17-5-8-2-3-11(18)9(8)6-17/h4,8-9,11,15,18H,2-3,5-6H2,1H3,(H,16,21)(H,19,20). The number of nitrogens with zero attached hydrogens (tertiary/aromatic N) is 1. The molecule has 2 aliphatic rings. The Labute approximate surface area is 121 Å². The summed E-state index contributed by atoms with van der Waals surface area (Å²) in [6, 6.07) is 1.30. The van der Waals surface area contributed by atoms with Crippen molar-refractivity contribution >= 4 is 17.7 Å². The molecule has 0 bridgehead atoms. The number of H-pyrrole nitrogens is 1. The number of aryl methyl sites for hydroxylation is 1. The molecular formula is C14H19N3O4. The number of rotatable bonds is 2. The number of likely N-dealkylation sites (tertiary alicyclic amines) is 1. The molecule has 3 atom stereocenters. The number of aliphatic hydroxyl groups is 1. The van der Waals surface area contributed by atoms with E-state index in [9.17, 15) is 14.7 Å². The molecule has 1 saturated heterocycles. The Morgan fingerprint density at radius 3 is 2.81 bits per heavy atom. The number of carboxylic acids is 1. The minimum Gasteiger partial charge on any atom is -0.477 e. The molecular weight excluding hydrogens is 274 g/mol. The molecule has 1 aliphatic heterocycles. The number of carbonyl (C=O) groups is 2. The number of urea groups is 1. The monoisotopic (exact) mass is 293 g/mol. The first-order valence-corrected chi connectivity index (χ1v) is 7.12. The summed E-state index contributed by atoms with van der Waals surface area (Å²) in [6.45, 7) is 2.89. The maximum Gasteiger partial charge on any atom is 0.354 e. The van der Waals surface area contributed by atoms with Crippen LogP contribution in [0.2, 0.25) is 0 Å². The van der Waals surface area contributed by atoms with Crippen LogP contribution < -0.4 is 5.32 Å². The fourth-order valence-corrected chi connectivity index (χ4v) is 3.45. The van der Waals surface area contributed by atoms with Gasteiger partial charge in [-0.05, 0) is 31.7 Å². The van der Waals surface area contributed by atoms with Crippen LogP contribution in [-0.2, 0) is 0 Å². The number of hydrogen-bond donors (Lipinski definition) is 4. The molecule has 7 heteroatoms. The van der Waals surface area contributed by atoms with E-state index < -0.39 is 5.97 Å². The number of fused-ring (bicyclic) bond motifs is 1. The lowest BCUT2D eigenvalue weighted by Gasteiger charge is -2.18. The maximum atomic E-state index is 12.3. The van der Waals surface area contributed by atoms with Crippen molar-refractivity contribution in [2.45, 2.75) is 25.9 Å². The molecule has 0 aromatic carbocycles. The molecule has 0 spiro atoms. The Kier molecular flexibility index (Phi) is 3.36. The first-order valence-electron chi connectivity index (χ1n) is 7.12. The quantitative estimate of drug-likeness (QED) is 0.658. The number of aromatic nitrogens is 1. The van der Waals surface area contributed by atoms with Crippen LogP contribution in [0.5, 0.6) is 0 Å². The lowest BCUT2D eigenvalue weighted by Crippen LogP contribution is -2.35. The van der Waals surface area contributed by atoms with Crippen LogP contribution in [0.4, 0.5) is 10.5 Å². The number of amides is 2. The van der Waals surface area contributed by atoms with Crippen LogP contribution in [0, 0.1) is 18.8 Å². The van der Waals surface area contributed by atoms with Crippen molar-refractivity contribution in [3.8, 4) is 0 Å². The molecule has 2 heterocycles. The Balaban J connectivity index is 1.69. The molecule has 114 valence electrons. The van der Waals surface area contributed by atoms with Crippen molar-refractivity contribution < 1.29 is 19.8 Å². The predicted molar refractivity (Wildman–Crippen MR) is 75.3 cm³/mol. The summed E-state index contributed by atoms with van der Waals surface area (Å²) >= 11 is 0. The number of carboxylic acid groups (broad SMARTS) is 1. The summed E-state index contributed by atoms with van der Waals surface area (Å²) in [6.07, 6.45) is 1.43. The zero-order chi connectivity index (χ0) is 15.1. The van der Waals surface area contributed by atoms with Gasteiger partial charge in [0.05, 0.1) is 11.8 Å². The molecule has 3 rings (SSSR count). The maximum absolute atomic E-state index is 12.3. The van der Waals surface area contributed by atoms with Gasteiger partial charge in [0.25, 0.3) is 0 Å². The van der Waals surface area contributed by atoms with Crippen LogP contribution in [0.3, 0.4) is 0 Å². The molecule has 0 radical (unpaired) electrons. The number of nitrogens with one attached hydrogen (secondary N) is 2. The van der Waals surface area contributed by atoms with Crippen molar-refractivity contribution in [3.05, 3.63) is 17.5 Å². The lowest BCUT2D eigenvalue weighted by atomic mass is 10.00. The highest BCUT2D eigenvalue weighted by Crippen LogP contribution is 2.38. The predicted octanol–water partition coefficient (Wildman–Crippen LogP) is 1.26. The van der Waals surface area contributed by atoms with Gasteiger partial charge >= 0.3 is 12.0 Å². The summed E-state index contributed by atoms with van der Waals surface area (Å²) in [7, 11) is 0. The number of hydrogen-bond acceptors (Lipinski definition) is 3. The topological polar surface area (TPSA) is 106 Å². The van der Waals surface area contributed by atoms with Crippen LogP contribution in [0.15, 0.2) is 6.07 Å². The molecule has 3 unspecified atom stereocenters.